The molecule has 3 N–H and O–H groups in total. The Kier molecular flexibility index (Phi) is 15.2. The third kappa shape index (κ3) is 19.3. The molecule has 0 fully saturated rings. The highest BCUT2D eigenvalue weighted by Crippen LogP contribution is 2.12. The van der Waals surface area contributed by atoms with Crippen LogP contribution in [0.4, 0.5) is 4.79 Å². The molecule has 0 unspecified atom stereocenters. The Hall–Kier alpha value is -0.770. The van der Waals surface area contributed by atoms with Gasteiger partial charge in [0, 0.05) is 6.54 Å². The lowest BCUT2D eigenvalue weighted by Gasteiger charge is -2.19. The van der Waals surface area contributed by atoms with Crippen molar-refractivity contribution in [3.8, 4) is 0 Å². The molecule has 0 radical (unpaired) electrons. The molecule has 0 aromatic rings. The molecule has 4 nitrogen and oxygen atoms in total. The second-order valence-electron chi connectivity index (χ2n) is 7.81. The fourth-order valence-electron chi connectivity index (χ4n) is 2.72. The number of hydrogen-bond acceptors (Lipinski definition) is 3. The first kappa shape index (κ1) is 23.2. The van der Waals surface area contributed by atoms with Crippen molar-refractivity contribution in [1.29, 1.82) is 0 Å². The van der Waals surface area contributed by atoms with E-state index >= 15 is 0 Å². The monoisotopic (exact) mass is 342 g/mol. The quantitative estimate of drug-likeness (QED) is 0.384. The van der Waals surface area contributed by atoms with Crippen molar-refractivity contribution in [3.63, 3.8) is 0 Å². The maximum Gasteiger partial charge on any atom is 0.407 e. The van der Waals surface area contributed by atoms with E-state index in [9.17, 15) is 4.79 Å². The van der Waals surface area contributed by atoms with Gasteiger partial charge in [-0.2, -0.15) is 0 Å². The van der Waals surface area contributed by atoms with Crippen molar-refractivity contribution in [2.75, 3.05) is 13.1 Å². The van der Waals surface area contributed by atoms with Gasteiger partial charge in [0.1, 0.15) is 5.60 Å². The van der Waals surface area contributed by atoms with Gasteiger partial charge in [-0.25, -0.2) is 4.79 Å². The van der Waals surface area contributed by atoms with E-state index in [0.717, 1.165) is 19.5 Å². The van der Waals surface area contributed by atoms with Crippen LogP contribution in [0.2, 0.25) is 0 Å². The molecule has 0 aliphatic carbocycles. The van der Waals surface area contributed by atoms with Gasteiger partial charge < -0.3 is 15.8 Å². The van der Waals surface area contributed by atoms with E-state index in [1.165, 1.54) is 77.0 Å². The van der Waals surface area contributed by atoms with Gasteiger partial charge in [0.2, 0.25) is 0 Å². The lowest BCUT2D eigenvalue weighted by atomic mass is 10.0. The van der Waals surface area contributed by atoms with Gasteiger partial charge in [-0.1, -0.05) is 70.6 Å². The maximum atomic E-state index is 11.5. The zero-order valence-electron chi connectivity index (χ0n) is 16.5. The minimum absolute atomic E-state index is 0.300. The Morgan fingerprint density at radius 1 is 0.750 bits per heavy atom. The molecular weight excluding hydrogens is 300 g/mol. The zero-order chi connectivity index (χ0) is 18.1. The van der Waals surface area contributed by atoms with Crippen LogP contribution in [0.3, 0.4) is 0 Å². The van der Waals surface area contributed by atoms with Crippen LogP contribution in [0.15, 0.2) is 0 Å². The van der Waals surface area contributed by atoms with Crippen LogP contribution < -0.4 is 11.1 Å². The van der Waals surface area contributed by atoms with Crippen molar-refractivity contribution in [2.45, 2.75) is 110 Å². The second-order valence-corrected chi connectivity index (χ2v) is 7.81. The Morgan fingerprint density at radius 3 is 1.50 bits per heavy atom. The molecule has 0 atom stereocenters. The molecule has 24 heavy (non-hydrogen) atoms. The first-order valence-electron chi connectivity index (χ1n) is 10.1. The molecule has 0 aliphatic heterocycles. The van der Waals surface area contributed by atoms with Crippen LogP contribution in [0, 0.1) is 0 Å². The summed E-state index contributed by atoms with van der Waals surface area (Å²) >= 11 is 0. The number of amides is 1. The second kappa shape index (κ2) is 15.7. The summed E-state index contributed by atoms with van der Waals surface area (Å²) in [6.07, 6.45) is 16.7. The fraction of sp³-hybridized carbons (Fsp3) is 0.950. The van der Waals surface area contributed by atoms with E-state index < -0.39 is 5.60 Å². The lowest BCUT2D eigenvalue weighted by molar-refractivity contribution is 0.0527. The summed E-state index contributed by atoms with van der Waals surface area (Å²) in [7, 11) is 0. The van der Waals surface area contributed by atoms with Crippen LogP contribution in [-0.2, 0) is 4.74 Å². The molecule has 0 saturated carbocycles. The highest BCUT2D eigenvalue weighted by atomic mass is 16.6. The molecule has 4 heteroatoms. The lowest BCUT2D eigenvalue weighted by Crippen LogP contribution is -2.32. The van der Waals surface area contributed by atoms with Gasteiger partial charge in [-0.15, -0.1) is 0 Å². The molecule has 0 bridgehead atoms. The molecule has 144 valence electrons. The van der Waals surface area contributed by atoms with Gasteiger partial charge >= 0.3 is 6.09 Å². The standard InChI is InChI=1S/C20H42N2O2/c1-20(2,3)24-19(23)22-18-16-14-12-10-8-6-4-5-7-9-11-13-15-17-21/h4-18,21H2,1-3H3,(H,22,23). The smallest absolute Gasteiger partial charge is 0.407 e. The summed E-state index contributed by atoms with van der Waals surface area (Å²) in [6, 6.07) is 0. The number of ether oxygens (including phenoxy) is 1. The number of alkyl carbamates (subject to hydrolysis) is 1. The van der Waals surface area contributed by atoms with Gasteiger partial charge in [0.05, 0.1) is 0 Å². The molecule has 0 saturated heterocycles. The van der Waals surface area contributed by atoms with Crippen LogP contribution in [0.1, 0.15) is 104 Å². The van der Waals surface area contributed by atoms with E-state index in [0.29, 0.717) is 0 Å². The predicted octanol–water partition coefficient (Wildman–Crippen LogP) is 5.54. The van der Waals surface area contributed by atoms with E-state index in [1.54, 1.807) is 0 Å². The number of rotatable bonds is 15. The minimum atomic E-state index is -0.408. The molecule has 0 aromatic heterocycles. The van der Waals surface area contributed by atoms with E-state index in [1.807, 2.05) is 20.8 Å². The minimum Gasteiger partial charge on any atom is -0.444 e. The molecule has 0 rings (SSSR count). The van der Waals surface area contributed by atoms with E-state index in [4.69, 9.17) is 10.5 Å². The normalized spacial score (nSPS) is 11.5. The summed E-state index contributed by atoms with van der Waals surface area (Å²) in [6.45, 7) is 7.22. The first-order chi connectivity index (χ1) is 11.5. The van der Waals surface area contributed by atoms with Crippen molar-refractivity contribution in [3.05, 3.63) is 0 Å². The van der Waals surface area contributed by atoms with Gasteiger partial charge in [-0.05, 0) is 40.2 Å². The number of hydrogen-bond donors (Lipinski definition) is 2. The SMILES string of the molecule is CC(C)(C)OC(=O)NCCCCCCCCCCCCCCCN. The van der Waals surface area contributed by atoms with E-state index in [2.05, 4.69) is 5.32 Å². The molecule has 0 aliphatic rings. The number of carbonyl (C=O) groups excluding carboxylic acids is 1. The third-order valence-corrected chi connectivity index (χ3v) is 4.05. The van der Waals surface area contributed by atoms with Crippen molar-refractivity contribution >= 4 is 6.09 Å². The van der Waals surface area contributed by atoms with Crippen molar-refractivity contribution in [2.24, 2.45) is 5.73 Å². The van der Waals surface area contributed by atoms with Gasteiger partial charge in [0.25, 0.3) is 0 Å². The highest BCUT2D eigenvalue weighted by Gasteiger charge is 2.15. The predicted molar refractivity (Wildman–Crippen MR) is 103 cm³/mol. The maximum absolute atomic E-state index is 11.5. The average molecular weight is 343 g/mol. The zero-order valence-corrected chi connectivity index (χ0v) is 16.5. The van der Waals surface area contributed by atoms with Crippen LogP contribution in [0.25, 0.3) is 0 Å². The van der Waals surface area contributed by atoms with Crippen LogP contribution >= 0.6 is 0 Å². The van der Waals surface area contributed by atoms with Crippen molar-refractivity contribution in [1.82, 2.24) is 5.32 Å². The fourth-order valence-corrected chi connectivity index (χ4v) is 2.72. The Bertz CT molecular complexity index is 288. The summed E-state index contributed by atoms with van der Waals surface area (Å²) in [4.78, 5) is 11.5. The summed E-state index contributed by atoms with van der Waals surface area (Å²) in [5, 5.41) is 2.81. The largest absolute Gasteiger partial charge is 0.444 e. The highest BCUT2D eigenvalue weighted by molar-refractivity contribution is 5.67. The van der Waals surface area contributed by atoms with Gasteiger partial charge in [0.15, 0.2) is 0 Å². The first-order valence-corrected chi connectivity index (χ1v) is 10.1. The Balaban J connectivity index is 3.14. The molecule has 0 aromatic carbocycles. The third-order valence-electron chi connectivity index (χ3n) is 4.05. The molecular formula is C20H42N2O2. The van der Waals surface area contributed by atoms with Crippen LogP contribution in [-0.4, -0.2) is 24.8 Å². The number of carbonyl (C=O) groups is 1. The summed E-state index contributed by atoms with van der Waals surface area (Å²) in [5.74, 6) is 0. The number of nitrogens with two attached hydrogens (primary N) is 1. The summed E-state index contributed by atoms with van der Waals surface area (Å²) in [5.41, 5.74) is 5.08. The Labute approximate surface area is 150 Å². The Morgan fingerprint density at radius 2 is 1.12 bits per heavy atom. The van der Waals surface area contributed by atoms with Crippen molar-refractivity contribution < 1.29 is 9.53 Å². The molecule has 0 spiro atoms. The van der Waals surface area contributed by atoms with Gasteiger partial charge in [-0.3, -0.25) is 0 Å². The summed E-state index contributed by atoms with van der Waals surface area (Å²) < 4.78 is 5.20. The van der Waals surface area contributed by atoms with Crippen LogP contribution in [0.5, 0.6) is 0 Å². The molecule has 0 heterocycles. The number of nitrogens with one attached hydrogen (secondary N) is 1. The topological polar surface area (TPSA) is 64.3 Å². The van der Waals surface area contributed by atoms with E-state index in [-0.39, 0.29) is 6.09 Å². The molecule has 1 amide bonds. The number of unbranched alkanes of at least 4 members (excludes halogenated alkanes) is 12. The average Bonchev–Trinajstić information content (AvgIpc) is 2.49.